The summed E-state index contributed by atoms with van der Waals surface area (Å²) in [5.41, 5.74) is 0. The van der Waals surface area contributed by atoms with E-state index in [1.165, 1.54) is 83.5 Å². The molecule has 0 aromatic carbocycles. The first-order valence-corrected chi connectivity index (χ1v) is 8.65. The average molecular weight is 270 g/mol. The number of rotatable bonds is 15. The molecule has 0 amide bonds. The normalized spacial score (nSPS) is 11.4. The Morgan fingerprint density at radius 1 is 0.579 bits per heavy atom. The van der Waals surface area contributed by atoms with Crippen LogP contribution in [0.1, 0.15) is 96.8 Å². The van der Waals surface area contributed by atoms with E-state index in [-0.39, 0.29) is 0 Å². The summed E-state index contributed by atoms with van der Waals surface area (Å²) in [7, 11) is 1.61. The molecule has 0 fully saturated rings. The largest absolute Gasteiger partial charge is 0.785 e. The zero-order valence-corrected chi connectivity index (χ0v) is 13.5. The third-order valence-electron chi connectivity index (χ3n) is 3.83. The van der Waals surface area contributed by atoms with Crippen molar-refractivity contribution < 1.29 is 0 Å². The Morgan fingerprint density at radius 2 is 0.895 bits per heavy atom. The molecule has 0 spiro atoms. The molecule has 0 saturated heterocycles. The van der Waals surface area contributed by atoms with Crippen LogP contribution in [0, 0.1) is 5.21 Å². The van der Waals surface area contributed by atoms with Crippen LogP contribution in [0.25, 0.3) is 0 Å². The second-order valence-electron chi connectivity index (χ2n) is 5.95. The molecule has 0 radical (unpaired) electrons. The number of nitrogens with zero attached hydrogens (tertiary/aromatic N) is 1. The van der Waals surface area contributed by atoms with Gasteiger partial charge in [0.2, 0.25) is 0 Å². The number of unbranched alkanes of at least 4 members (excludes halogenated alkanes) is 13. The SMILES string of the molecule is CCCCCCCCCCCCCCCCN(C)[O-]. The van der Waals surface area contributed by atoms with Crippen molar-refractivity contribution in [2.45, 2.75) is 96.8 Å². The lowest BCUT2D eigenvalue weighted by Crippen LogP contribution is -2.10. The maximum atomic E-state index is 10.7. The van der Waals surface area contributed by atoms with Crippen molar-refractivity contribution in [3.63, 3.8) is 0 Å². The van der Waals surface area contributed by atoms with E-state index in [2.05, 4.69) is 6.92 Å². The highest BCUT2D eigenvalue weighted by Gasteiger charge is 1.93. The molecule has 0 atom stereocenters. The fourth-order valence-electron chi connectivity index (χ4n) is 2.53. The van der Waals surface area contributed by atoms with E-state index in [1.807, 2.05) is 0 Å². The van der Waals surface area contributed by atoms with Gasteiger partial charge in [-0.2, -0.15) is 0 Å². The fraction of sp³-hybridized carbons (Fsp3) is 1.00. The van der Waals surface area contributed by atoms with Gasteiger partial charge < -0.3 is 10.3 Å². The molecule has 0 bridgehead atoms. The molecular weight excluding hydrogens is 234 g/mol. The van der Waals surface area contributed by atoms with Crippen LogP contribution >= 0.6 is 0 Å². The maximum absolute atomic E-state index is 10.7. The van der Waals surface area contributed by atoms with Crippen molar-refractivity contribution >= 4 is 0 Å². The molecule has 19 heavy (non-hydrogen) atoms. The molecule has 0 aliphatic carbocycles. The van der Waals surface area contributed by atoms with E-state index in [0.717, 1.165) is 11.5 Å². The minimum atomic E-state index is 0.706. The van der Waals surface area contributed by atoms with Crippen LogP contribution in [-0.4, -0.2) is 18.7 Å². The summed E-state index contributed by atoms with van der Waals surface area (Å²) in [6.45, 7) is 2.98. The Morgan fingerprint density at radius 3 is 1.21 bits per heavy atom. The second-order valence-corrected chi connectivity index (χ2v) is 5.95. The van der Waals surface area contributed by atoms with Gasteiger partial charge in [-0.05, 0) is 20.0 Å². The molecule has 2 nitrogen and oxygen atoms in total. The lowest BCUT2D eigenvalue weighted by molar-refractivity contribution is 0.429. The van der Waals surface area contributed by atoms with Gasteiger partial charge in [0.15, 0.2) is 0 Å². The first-order valence-electron chi connectivity index (χ1n) is 8.65. The summed E-state index contributed by atoms with van der Waals surface area (Å²) in [4.78, 5) is 0. The maximum Gasteiger partial charge on any atom is -0.0147 e. The molecule has 0 aromatic heterocycles. The third-order valence-corrected chi connectivity index (χ3v) is 3.83. The summed E-state index contributed by atoms with van der Waals surface area (Å²) < 4.78 is 0. The number of hydrogen-bond acceptors (Lipinski definition) is 2. The molecule has 0 N–H and O–H groups in total. The van der Waals surface area contributed by atoms with Crippen molar-refractivity contribution in [2.24, 2.45) is 0 Å². The topological polar surface area (TPSA) is 26.3 Å². The monoisotopic (exact) mass is 270 g/mol. The molecule has 0 unspecified atom stereocenters. The van der Waals surface area contributed by atoms with Crippen molar-refractivity contribution in [3.05, 3.63) is 5.21 Å². The highest BCUT2D eigenvalue weighted by molar-refractivity contribution is 4.52. The summed E-state index contributed by atoms with van der Waals surface area (Å²) in [5, 5.41) is 11.7. The van der Waals surface area contributed by atoms with Crippen LogP contribution in [0.2, 0.25) is 0 Å². The molecule has 2 heteroatoms. The van der Waals surface area contributed by atoms with E-state index in [1.54, 1.807) is 7.05 Å². The van der Waals surface area contributed by atoms with Gasteiger partial charge in [-0.15, -0.1) is 0 Å². The van der Waals surface area contributed by atoms with E-state index in [9.17, 15) is 5.21 Å². The minimum Gasteiger partial charge on any atom is -0.785 e. The summed E-state index contributed by atoms with van der Waals surface area (Å²) in [6, 6.07) is 0. The Balaban J connectivity index is 2.91. The lowest BCUT2D eigenvalue weighted by atomic mass is 10.0. The summed E-state index contributed by atoms with van der Waals surface area (Å²) >= 11 is 0. The van der Waals surface area contributed by atoms with Gasteiger partial charge in [-0.1, -0.05) is 90.4 Å². The molecule has 0 rings (SSSR count). The standard InChI is InChI=1S/C17H36NO/c1-3-4-5-6-7-8-9-10-11-12-13-14-15-16-17-18(2)19/h3-17H2,1-2H3/q-1. The molecule has 0 aromatic rings. The van der Waals surface area contributed by atoms with Gasteiger partial charge in [0.25, 0.3) is 0 Å². The highest BCUT2D eigenvalue weighted by atomic mass is 16.5. The van der Waals surface area contributed by atoms with Crippen molar-refractivity contribution in [3.8, 4) is 0 Å². The van der Waals surface area contributed by atoms with Gasteiger partial charge in [-0.3, -0.25) is 0 Å². The van der Waals surface area contributed by atoms with Crippen LogP contribution in [0.4, 0.5) is 0 Å². The molecule has 0 heterocycles. The zero-order valence-electron chi connectivity index (χ0n) is 13.5. The van der Waals surface area contributed by atoms with Crippen molar-refractivity contribution in [1.29, 1.82) is 0 Å². The third kappa shape index (κ3) is 17.9. The Labute approximate surface area is 121 Å². The predicted octanol–water partition coefficient (Wildman–Crippen LogP) is 5.90. The smallest absolute Gasteiger partial charge is 0.0147 e. The first-order chi connectivity index (χ1) is 9.27. The second kappa shape index (κ2) is 16.0. The van der Waals surface area contributed by atoms with E-state index in [4.69, 9.17) is 0 Å². The molecule has 0 aliphatic rings. The molecule has 116 valence electrons. The van der Waals surface area contributed by atoms with E-state index >= 15 is 0 Å². The highest BCUT2D eigenvalue weighted by Crippen LogP contribution is 2.12. The fourth-order valence-corrected chi connectivity index (χ4v) is 2.53. The van der Waals surface area contributed by atoms with Gasteiger partial charge in [-0.25, -0.2) is 0 Å². The number of hydroxylamine groups is 2. The predicted molar refractivity (Wildman–Crippen MR) is 86.3 cm³/mol. The minimum absolute atomic E-state index is 0.706. The molecular formula is C17H36NO-. The van der Waals surface area contributed by atoms with Crippen LogP contribution in [0.5, 0.6) is 0 Å². The Kier molecular flexibility index (Phi) is 15.9. The van der Waals surface area contributed by atoms with E-state index in [0.29, 0.717) is 6.54 Å². The van der Waals surface area contributed by atoms with Gasteiger partial charge in [0, 0.05) is 0 Å². The van der Waals surface area contributed by atoms with Crippen LogP contribution in [-0.2, 0) is 0 Å². The van der Waals surface area contributed by atoms with Gasteiger partial charge in [0.1, 0.15) is 0 Å². The summed E-state index contributed by atoms with van der Waals surface area (Å²) in [5.74, 6) is 0. The van der Waals surface area contributed by atoms with Crippen molar-refractivity contribution in [1.82, 2.24) is 5.06 Å². The Bertz CT molecular complexity index is 159. The van der Waals surface area contributed by atoms with Crippen LogP contribution < -0.4 is 0 Å². The lowest BCUT2D eigenvalue weighted by Gasteiger charge is -2.21. The van der Waals surface area contributed by atoms with Crippen LogP contribution in [0.3, 0.4) is 0 Å². The van der Waals surface area contributed by atoms with Crippen LogP contribution in [0.15, 0.2) is 0 Å². The molecule has 0 saturated carbocycles. The first kappa shape index (κ1) is 18.9. The summed E-state index contributed by atoms with van der Waals surface area (Å²) in [6.07, 6.45) is 19.2. The number of hydrogen-bond donors (Lipinski definition) is 0. The van der Waals surface area contributed by atoms with E-state index < -0.39 is 0 Å². The molecule has 0 aliphatic heterocycles. The Hall–Kier alpha value is -0.0800. The zero-order chi connectivity index (χ0) is 14.2. The quantitative estimate of drug-likeness (QED) is 0.273. The average Bonchev–Trinajstić information content (AvgIpc) is 2.39. The van der Waals surface area contributed by atoms with Gasteiger partial charge >= 0.3 is 0 Å². The van der Waals surface area contributed by atoms with Crippen molar-refractivity contribution in [2.75, 3.05) is 13.6 Å². The van der Waals surface area contributed by atoms with Gasteiger partial charge in [0.05, 0.1) is 0 Å².